The highest BCUT2D eigenvalue weighted by Gasteiger charge is 2.13. The summed E-state index contributed by atoms with van der Waals surface area (Å²) in [4.78, 5) is 11.5. The first-order chi connectivity index (χ1) is 8.11. The van der Waals surface area contributed by atoms with Crippen LogP contribution in [-0.4, -0.2) is 22.4 Å². The predicted molar refractivity (Wildman–Crippen MR) is 66.1 cm³/mol. The number of hydrogen-bond donors (Lipinski definition) is 0. The van der Waals surface area contributed by atoms with E-state index in [2.05, 4.69) is 5.10 Å². The molecule has 0 atom stereocenters. The summed E-state index contributed by atoms with van der Waals surface area (Å²) in [7, 11) is 1.84. The van der Waals surface area contributed by atoms with E-state index in [1.807, 2.05) is 19.3 Å². The van der Waals surface area contributed by atoms with Gasteiger partial charge in [0.25, 0.3) is 0 Å². The molecule has 0 aliphatic rings. The molecular formula is C12H13ClN2O2. The maximum atomic E-state index is 11.5. The number of aryl methyl sites for hydroxylation is 1. The molecule has 0 saturated carbocycles. The van der Waals surface area contributed by atoms with E-state index in [9.17, 15) is 4.79 Å². The third-order valence-corrected chi connectivity index (χ3v) is 2.84. The topological polar surface area (TPSA) is 44.1 Å². The minimum absolute atomic E-state index is 0.176. The summed E-state index contributed by atoms with van der Waals surface area (Å²) in [6.45, 7) is 2.16. The van der Waals surface area contributed by atoms with Gasteiger partial charge < -0.3 is 4.74 Å². The molecule has 0 bridgehead atoms. The zero-order valence-corrected chi connectivity index (χ0v) is 10.5. The fourth-order valence-corrected chi connectivity index (χ4v) is 2.01. The van der Waals surface area contributed by atoms with Gasteiger partial charge in [0, 0.05) is 23.7 Å². The molecule has 1 heterocycles. The number of carbonyl (C=O) groups is 1. The van der Waals surface area contributed by atoms with Gasteiger partial charge in [0.05, 0.1) is 18.5 Å². The van der Waals surface area contributed by atoms with Crippen molar-refractivity contribution in [2.24, 2.45) is 7.05 Å². The Morgan fingerprint density at radius 3 is 3.00 bits per heavy atom. The molecule has 1 aromatic heterocycles. The van der Waals surface area contributed by atoms with E-state index in [4.69, 9.17) is 16.3 Å². The molecule has 2 rings (SSSR count). The Morgan fingerprint density at radius 1 is 1.53 bits per heavy atom. The lowest BCUT2D eigenvalue weighted by atomic mass is 10.1. The zero-order chi connectivity index (χ0) is 12.4. The summed E-state index contributed by atoms with van der Waals surface area (Å²) in [5, 5.41) is 5.74. The molecule has 0 fully saturated rings. The third-order valence-electron chi connectivity index (χ3n) is 2.48. The van der Waals surface area contributed by atoms with E-state index >= 15 is 0 Å². The normalized spacial score (nSPS) is 10.8. The van der Waals surface area contributed by atoms with Crippen LogP contribution in [0, 0.1) is 0 Å². The summed E-state index contributed by atoms with van der Waals surface area (Å²) in [5.41, 5.74) is 1.60. The highest BCUT2D eigenvalue weighted by molar-refractivity contribution is 6.32. The Labute approximate surface area is 104 Å². The van der Waals surface area contributed by atoms with Crippen LogP contribution in [-0.2, 0) is 23.0 Å². The Hall–Kier alpha value is -1.55. The molecule has 0 aliphatic carbocycles. The smallest absolute Gasteiger partial charge is 0.310 e. The van der Waals surface area contributed by atoms with Crippen LogP contribution < -0.4 is 0 Å². The monoisotopic (exact) mass is 252 g/mol. The molecule has 17 heavy (non-hydrogen) atoms. The summed E-state index contributed by atoms with van der Waals surface area (Å²) >= 11 is 6.11. The van der Waals surface area contributed by atoms with Gasteiger partial charge in [0.1, 0.15) is 0 Å². The van der Waals surface area contributed by atoms with Crippen molar-refractivity contribution in [2.45, 2.75) is 13.3 Å². The van der Waals surface area contributed by atoms with Crippen LogP contribution in [0.15, 0.2) is 18.3 Å². The van der Waals surface area contributed by atoms with Gasteiger partial charge in [-0.1, -0.05) is 11.6 Å². The standard InChI is InChI=1S/C12H13ClN2O2/c1-3-17-12(16)6-8-9-7-15(2)14-11(9)5-4-10(8)13/h4-5,7H,3,6H2,1-2H3. The highest BCUT2D eigenvalue weighted by Crippen LogP contribution is 2.26. The fourth-order valence-electron chi connectivity index (χ4n) is 1.78. The number of esters is 1. The fraction of sp³-hybridized carbons (Fsp3) is 0.333. The number of benzene rings is 1. The second kappa shape index (κ2) is 4.75. The quantitative estimate of drug-likeness (QED) is 0.788. The van der Waals surface area contributed by atoms with Gasteiger partial charge in [0.15, 0.2) is 0 Å². The number of carbonyl (C=O) groups excluding carboxylic acids is 1. The first kappa shape index (κ1) is 11.9. The third kappa shape index (κ3) is 2.42. The van der Waals surface area contributed by atoms with Crippen molar-refractivity contribution in [3.63, 3.8) is 0 Å². The van der Waals surface area contributed by atoms with Crippen molar-refractivity contribution >= 4 is 28.5 Å². The van der Waals surface area contributed by atoms with E-state index in [0.717, 1.165) is 16.5 Å². The second-order valence-corrected chi connectivity index (χ2v) is 4.15. The first-order valence-electron chi connectivity index (χ1n) is 5.38. The lowest BCUT2D eigenvalue weighted by Crippen LogP contribution is -2.08. The molecule has 5 heteroatoms. The van der Waals surface area contributed by atoms with Crippen molar-refractivity contribution < 1.29 is 9.53 Å². The number of rotatable bonds is 3. The van der Waals surface area contributed by atoms with E-state index in [-0.39, 0.29) is 12.4 Å². The Bertz CT molecular complexity index is 563. The number of aromatic nitrogens is 2. The van der Waals surface area contributed by atoms with E-state index in [1.54, 1.807) is 17.7 Å². The van der Waals surface area contributed by atoms with Crippen LogP contribution in [0.25, 0.3) is 10.9 Å². The van der Waals surface area contributed by atoms with Gasteiger partial charge in [-0.3, -0.25) is 9.48 Å². The molecule has 0 saturated heterocycles. The Balaban J connectivity index is 2.43. The van der Waals surface area contributed by atoms with Crippen molar-refractivity contribution in [2.75, 3.05) is 6.61 Å². The van der Waals surface area contributed by atoms with Crippen LogP contribution in [0.5, 0.6) is 0 Å². The van der Waals surface area contributed by atoms with Gasteiger partial charge in [-0.15, -0.1) is 0 Å². The van der Waals surface area contributed by atoms with Crippen molar-refractivity contribution in [1.82, 2.24) is 9.78 Å². The van der Waals surface area contributed by atoms with E-state index in [1.165, 1.54) is 0 Å². The summed E-state index contributed by atoms with van der Waals surface area (Å²) in [5.74, 6) is -0.272. The van der Waals surface area contributed by atoms with Crippen LogP contribution in [0.2, 0.25) is 5.02 Å². The molecule has 0 N–H and O–H groups in total. The molecular weight excluding hydrogens is 240 g/mol. The largest absolute Gasteiger partial charge is 0.466 e. The van der Waals surface area contributed by atoms with Crippen LogP contribution >= 0.6 is 11.6 Å². The van der Waals surface area contributed by atoms with Crippen LogP contribution in [0.3, 0.4) is 0 Å². The number of nitrogens with zero attached hydrogens (tertiary/aromatic N) is 2. The summed E-state index contributed by atoms with van der Waals surface area (Å²) < 4.78 is 6.64. The lowest BCUT2D eigenvalue weighted by Gasteiger charge is -2.05. The van der Waals surface area contributed by atoms with Gasteiger partial charge in [-0.2, -0.15) is 5.10 Å². The second-order valence-electron chi connectivity index (χ2n) is 3.74. The van der Waals surface area contributed by atoms with Crippen molar-refractivity contribution in [3.05, 3.63) is 28.9 Å². The lowest BCUT2D eigenvalue weighted by molar-refractivity contribution is -0.142. The first-order valence-corrected chi connectivity index (χ1v) is 5.76. The average Bonchev–Trinajstić information content (AvgIpc) is 2.64. The van der Waals surface area contributed by atoms with Gasteiger partial charge in [0.2, 0.25) is 0 Å². The highest BCUT2D eigenvalue weighted by atomic mass is 35.5. The summed E-state index contributed by atoms with van der Waals surface area (Å²) in [6, 6.07) is 3.60. The molecule has 2 aromatic rings. The Morgan fingerprint density at radius 2 is 2.29 bits per heavy atom. The van der Waals surface area contributed by atoms with Gasteiger partial charge in [-0.05, 0) is 24.6 Å². The molecule has 1 aromatic carbocycles. The number of halogens is 1. The molecule has 0 unspecified atom stereocenters. The minimum atomic E-state index is -0.272. The van der Waals surface area contributed by atoms with E-state index < -0.39 is 0 Å². The zero-order valence-electron chi connectivity index (χ0n) is 9.74. The van der Waals surface area contributed by atoms with Crippen molar-refractivity contribution in [3.8, 4) is 0 Å². The van der Waals surface area contributed by atoms with Gasteiger partial charge >= 0.3 is 5.97 Å². The average molecular weight is 253 g/mol. The minimum Gasteiger partial charge on any atom is -0.466 e. The van der Waals surface area contributed by atoms with Crippen LogP contribution in [0.1, 0.15) is 12.5 Å². The number of fused-ring (bicyclic) bond motifs is 1. The maximum absolute atomic E-state index is 11.5. The molecule has 0 radical (unpaired) electrons. The van der Waals surface area contributed by atoms with Gasteiger partial charge in [-0.25, -0.2) is 0 Å². The predicted octanol–water partition coefficient (Wildman–Crippen LogP) is 2.33. The maximum Gasteiger partial charge on any atom is 0.310 e. The molecule has 0 spiro atoms. The number of ether oxygens (including phenoxy) is 1. The number of hydrogen-bond acceptors (Lipinski definition) is 3. The van der Waals surface area contributed by atoms with Crippen LogP contribution in [0.4, 0.5) is 0 Å². The molecule has 0 amide bonds. The molecule has 90 valence electrons. The van der Waals surface area contributed by atoms with Crippen molar-refractivity contribution in [1.29, 1.82) is 0 Å². The molecule has 4 nitrogen and oxygen atoms in total. The molecule has 0 aliphatic heterocycles. The SMILES string of the molecule is CCOC(=O)Cc1c(Cl)ccc2nn(C)cc12. The van der Waals surface area contributed by atoms with E-state index in [0.29, 0.717) is 11.6 Å². The summed E-state index contributed by atoms with van der Waals surface area (Å²) in [6.07, 6.45) is 2.03. The Kier molecular flexibility index (Phi) is 3.33.